The minimum absolute atomic E-state index is 0.0496. The van der Waals surface area contributed by atoms with Crippen LogP contribution in [-0.2, 0) is 39.6 Å². The standard InChI is InChI=1S/C40H64ClNO10S2/c1-11-50-37(51-12-2)25-33(43)29(4)22-30(5)35(52-27-49-18-17-45-7)26-40(53-19-14-20-54-40)36(47-9)16-13-15-28(3)21-31-23-32(42(6)39(44)48-10)38(41)34(24-31)46-8/h13,15-16,22-24,30,33,35-37,43H,11-12,14,17-21,25-27H2,1-10H3/b16-13+,28-15+,29-22+/t30-,33-,35-,36+/m0/s1. The van der Waals surface area contributed by atoms with E-state index in [0.717, 1.165) is 34.6 Å². The average Bonchev–Trinajstić information content (AvgIpc) is 3.16. The first-order valence-electron chi connectivity index (χ1n) is 18.5. The molecule has 1 fully saturated rings. The molecule has 0 unspecified atom stereocenters. The van der Waals surface area contributed by atoms with Crippen molar-refractivity contribution in [2.24, 2.45) is 5.92 Å². The summed E-state index contributed by atoms with van der Waals surface area (Å²) in [5.74, 6) is 2.44. The summed E-state index contributed by atoms with van der Waals surface area (Å²) in [7, 11) is 7.88. The number of nitrogens with zero attached hydrogens (tertiary/aromatic N) is 1. The van der Waals surface area contributed by atoms with Gasteiger partial charge in [-0.15, -0.1) is 23.5 Å². The first kappa shape index (κ1) is 48.4. The summed E-state index contributed by atoms with van der Waals surface area (Å²) >= 11 is 10.4. The second-order valence-corrected chi connectivity index (χ2v) is 16.5. The second kappa shape index (κ2) is 26.2. The van der Waals surface area contributed by atoms with Crippen LogP contribution in [0.1, 0.15) is 59.4 Å². The van der Waals surface area contributed by atoms with E-state index in [4.69, 9.17) is 49.5 Å². The largest absolute Gasteiger partial charge is 0.495 e. The van der Waals surface area contributed by atoms with Crippen LogP contribution >= 0.6 is 35.1 Å². The number of thioether (sulfide) groups is 2. The van der Waals surface area contributed by atoms with Crippen molar-refractivity contribution >= 4 is 46.9 Å². The van der Waals surface area contributed by atoms with Gasteiger partial charge in [-0.3, -0.25) is 4.90 Å². The summed E-state index contributed by atoms with van der Waals surface area (Å²) in [6.45, 7) is 12.0. The highest BCUT2D eigenvalue weighted by molar-refractivity contribution is 8.18. The Morgan fingerprint density at radius 3 is 2.33 bits per heavy atom. The van der Waals surface area contributed by atoms with Crippen molar-refractivity contribution in [1.82, 2.24) is 0 Å². The Morgan fingerprint density at radius 1 is 1.06 bits per heavy atom. The average molecular weight is 819 g/mol. The number of halogens is 1. The van der Waals surface area contributed by atoms with Crippen LogP contribution in [0.25, 0.3) is 0 Å². The third kappa shape index (κ3) is 15.6. The van der Waals surface area contributed by atoms with E-state index in [-0.39, 0.29) is 29.0 Å². The normalized spacial score (nSPS) is 17.4. The number of amides is 1. The van der Waals surface area contributed by atoms with Gasteiger partial charge in [-0.2, -0.15) is 0 Å². The molecule has 0 bridgehead atoms. The molecule has 1 aliphatic rings. The van der Waals surface area contributed by atoms with Crippen LogP contribution in [0, 0.1) is 5.92 Å². The fourth-order valence-corrected chi connectivity index (χ4v) is 9.87. The molecule has 0 radical (unpaired) electrons. The van der Waals surface area contributed by atoms with Crippen molar-refractivity contribution in [3.05, 3.63) is 58.2 Å². The van der Waals surface area contributed by atoms with E-state index in [1.54, 1.807) is 28.4 Å². The Balaban J connectivity index is 2.36. The van der Waals surface area contributed by atoms with Gasteiger partial charge in [0, 0.05) is 53.2 Å². The fraction of sp³-hybridized carbons (Fsp3) is 0.675. The molecule has 4 atom stereocenters. The lowest BCUT2D eigenvalue weighted by atomic mass is 9.93. The van der Waals surface area contributed by atoms with Crippen LogP contribution < -0.4 is 9.64 Å². The first-order chi connectivity index (χ1) is 25.9. The summed E-state index contributed by atoms with van der Waals surface area (Å²) in [5, 5.41) is 11.4. The molecule has 1 aliphatic heterocycles. The minimum Gasteiger partial charge on any atom is -0.495 e. The summed E-state index contributed by atoms with van der Waals surface area (Å²) < 4.78 is 45.1. The predicted octanol–water partition coefficient (Wildman–Crippen LogP) is 8.31. The Kier molecular flexibility index (Phi) is 23.5. The predicted molar refractivity (Wildman–Crippen MR) is 221 cm³/mol. The highest BCUT2D eigenvalue weighted by Gasteiger charge is 2.44. The highest BCUT2D eigenvalue weighted by atomic mass is 35.5. The summed E-state index contributed by atoms with van der Waals surface area (Å²) in [6.07, 6.45) is 8.91. The van der Waals surface area contributed by atoms with Gasteiger partial charge in [-0.25, -0.2) is 4.79 Å². The van der Waals surface area contributed by atoms with E-state index in [1.165, 1.54) is 12.0 Å². The molecule has 0 spiro atoms. The van der Waals surface area contributed by atoms with Crippen LogP contribution in [0.15, 0.2) is 47.6 Å². The number of aliphatic hydroxyl groups is 1. The summed E-state index contributed by atoms with van der Waals surface area (Å²) in [6, 6.07) is 3.75. The molecule has 1 saturated heterocycles. The van der Waals surface area contributed by atoms with Crippen LogP contribution in [0.3, 0.4) is 0 Å². The zero-order valence-electron chi connectivity index (χ0n) is 33.9. The van der Waals surface area contributed by atoms with Crippen molar-refractivity contribution in [2.45, 2.75) is 89.0 Å². The molecule has 1 heterocycles. The molecule has 0 aromatic heterocycles. The van der Waals surface area contributed by atoms with Crippen molar-refractivity contribution in [1.29, 1.82) is 0 Å². The quantitative estimate of drug-likeness (QED) is 0.0443. The van der Waals surface area contributed by atoms with E-state index in [0.29, 0.717) is 62.1 Å². The molecule has 0 aliphatic carbocycles. The Labute approximate surface area is 337 Å². The maximum Gasteiger partial charge on any atom is 0.413 e. The smallest absolute Gasteiger partial charge is 0.413 e. The van der Waals surface area contributed by atoms with Gasteiger partial charge in [0.25, 0.3) is 0 Å². The number of hydrogen-bond donors (Lipinski definition) is 1. The number of aliphatic hydroxyl groups excluding tert-OH is 1. The molecule has 308 valence electrons. The topological polar surface area (TPSA) is 114 Å². The lowest BCUT2D eigenvalue weighted by Gasteiger charge is -2.43. The fourth-order valence-electron chi connectivity index (χ4n) is 6.03. The van der Waals surface area contributed by atoms with Gasteiger partial charge in [0.05, 0.1) is 55.5 Å². The Bertz CT molecular complexity index is 1330. The molecule has 1 N–H and O–H groups in total. The van der Waals surface area contributed by atoms with Crippen LogP contribution in [0.4, 0.5) is 10.5 Å². The maximum atomic E-state index is 12.3. The molecule has 1 aromatic carbocycles. The maximum absolute atomic E-state index is 12.3. The second-order valence-electron chi connectivity index (χ2n) is 13.0. The van der Waals surface area contributed by atoms with Crippen LogP contribution in [0.5, 0.6) is 5.75 Å². The molecule has 54 heavy (non-hydrogen) atoms. The number of carbonyl (C=O) groups is 1. The van der Waals surface area contributed by atoms with Gasteiger partial charge in [-0.05, 0) is 75.3 Å². The van der Waals surface area contributed by atoms with E-state index < -0.39 is 18.5 Å². The number of carbonyl (C=O) groups excluding carboxylic acids is 1. The molecular formula is C40H64ClNO10S2. The third-order valence-corrected chi connectivity index (χ3v) is 12.8. The van der Waals surface area contributed by atoms with Gasteiger partial charge in [-0.1, -0.05) is 48.4 Å². The van der Waals surface area contributed by atoms with Gasteiger partial charge in [0.15, 0.2) is 6.29 Å². The number of anilines is 1. The monoisotopic (exact) mass is 817 g/mol. The minimum atomic E-state index is -0.722. The van der Waals surface area contributed by atoms with E-state index in [9.17, 15) is 9.90 Å². The molecule has 1 aromatic rings. The van der Waals surface area contributed by atoms with Crippen molar-refractivity contribution in [2.75, 3.05) is 85.1 Å². The number of ether oxygens (including phenoxy) is 8. The molecular weight excluding hydrogens is 754 g/mol. The third-order valence-electron chi connectivity index (χ3n) is 8.97. The molecule has 2 rings (SSSR count). The lowest BCUT2D eigenvalue weighted by Crippen LogP contribution is -2.43. The van der Waals surface area contributed by atoms with Crippen LogP contribution in [-0.4, -0.2) is 120 Å². The van der Waals surface area contributed by atoms with Gasteiger partial charge in [0.1, 0.15) is 17.6 Å². The lowest BCUT2D eigenvalue weighted by molar-refractivity contribution is -0.149. The molecule has 1 amide bonds. The number of hydrogen-bond acceptors (Lipinski definition) is 12. The highest BCUT2D eigenvalue weighted by Crippen LogP contribution is 2.50. The van der Waals surface area contributed by atoms with Crippen molar-refractivity contribution in [3.63, 3.8) is 0 Å². The van der Waals surface area contributed by atoms with E-state index >= 15 is 0 Å². The molecule has 14 heteroatoms. The number of rotatable bonds is 25. The van der Waals surface area contributed by atoms with Gasteiger partial charge >= 0.3 is 6.09 Å². The Morgan fingerprint density at radius 2 is 1.74 bits per heavy atom. The summed E-state index contributed by atoms with van der Waals surface area (Å²) in [4.78, 5) is 13.6. The number of methoxy groups -OCH3 is 4. The molecule has 0 saturated carbocycles. The number of benzene rings is 1. The zero-order chi connectivity index (χ0) is 40.1. The number of allylic oxidation sites excluding steroid dienone is 3. The van der Waals surface area contributed by atoms with Crippen LogP contribution in [0.2, 0.25) is 5.02 Å². The van der Waals surface area contributed by atoms with E-state index in [2.05, 4.69) is 38.2 Å². The summed E-state index contributed by atoms with van der Waals surface area (Å²) in [5.41, 5.74) is 3.37. The zero-order valence-corrected chi connectivity index (χ0v) is 36.3. The molecule has 11 nitrogen and oxygen atoms in total. The first-order valence-corrected chi connectivity index (χ1v) is 20.8. The van der Waals surface area contributed by atoms with E-state index in [1.807, 2.05) is 56.4 Å². The SMILES string of the molecule is CCOC(C[C@H](O)/C(C)=C/[C@H](C)[C@H](CC1([C@@H](/C=C/C=C(\C)Cc2cc(OC)c(Cl)c(N(C)C(=O)OC)c2)OC)SCCCS1)OCOCCOC)OCC. The van der Waals surface area contributed by atoms with Gasteiger partial charge < -0.3 is 43.0 Å². The Hall–Kier alpha value is -1.78. The van der Waals surface area contributed by atoms with Crippen molar-refractivity contribution < 1.29 is 47.8 Å². The van der Waals surface area contributed by atoms with Crippen molar-refractivity contribution in [3.8, 4) is 5.75 Å². The van der Waals surface area contributed by atoms with Gasteiger partial charge in [0.2, 0.25) is 0 Å².